The minimum Gasteiger partial charge on any atom is -0.462 e. The predicted octanol–water partition coefficient (Wildman–Crippen LogP) is 3.36. The van der Waals surface area contributed by atoms with E-state index in [9.17, 15) is 4.79 Å². The molecule has 0 spiro atoms. The van der Waals surface area contributed by atoms with Crippen LogP contribution in [0.4, 0.5) is 0 Å². The van der Waals surface area contributed by atoms with Gasteiger partial charge in [-0.15, -0.1) is 0 Å². The van der Waals surface area contributed by atoms with Gasteiger partial charge in [-0.05, 0) is 26.0 Å². The molecule has 4 heteroatoms. The third-order valence-corrected chi connectivity index (χ3v) is 2.53. The second kappa shape index (κ2) is 6.00. The molecular weight excluding hydrogens is 242 g/mol. The molecule has 0 saturated carbocycles. The lowest BCUT2D eigenvalue weighted by atomic mass is 10.2. The van der Waals surface area contributed by atoms with Gasteiger partial charge in [0.25, 0.3) is 0 Å². The average molecular weight is 257 g/mol. The molecule has 2 rings (SSSR count). The van der Waals surface area contributed by atoms with Gasteiger partial charge in [0.15, 0.2) is 0 Å². The molecule has 0 bridgehead atoms. The number of ether oxygens (including phenoxy) is 2. The van der Waals surface area contributed by atoms with E-state index in [1.165, 1.54) is 6.20 Å². The molecular formula is C15H15NO3. The van der Waals surface area contributed by atoms with Crippen LogP contribution in [0.3, 0.4) is 0 Å². The number of aromatic nitrogens is 1. The van der Waals surface area contributed by atoms with Crippen molar-refractivity contribution >= 4 is 5.97 Å². The van der Waals surface area contributed by atoms with E-state index in [2.05, 4.69) is 4.98 Å². The molecule has 0 fully saturated rings. The Hall–Kier alpha value is -2.36. The number of esters is 1. The van der Waals surface area contributed by atoms with Gasteiger partial charge in [-0.2, -0.15) is 0 Å². The van der Waals surface area contributed by atoms with Crippen molar-refractivity contribution in [1.82, 2.24) is 4.98 Å². The van der Waals surface area contributed by atoms with Crippen LogP contribution in [0.2, 0.25) is 0 Å². The first-order valence-corrected chi connectivity index (χ1v) is 6.06. The summed E-state index contributed by atoms with van der Waals surface area (Å²) in [5, 5.41) is 0. The summed E-state index contributed by atoms with van der Waals surface area (Å²) in [6, 6.07) is 9.24. The van der Waals surface area contributed by atoms with E-state index in [1.807, 2.05) is 31.2 Å². The quantitative estimate of drug-likeness (QED) is 0.788. The van der Waals surface area contributed by atoms with Crippen molar-refractivity contribution in [2.45, 2.75) is 13.8 Å². The van der Waals surface area contributed by atoms with Gasteiger partial charge in [0.05, 0.1) is 6.61 Å². The lowest BCUT2D eigenvalue weighted by Crippen LogP contribution is -2.06. The highest BCUT2D eigenvalue weighted by Crippen LogP contribution is 2.25. The van der Waals surface area contributed by atoms with E-state index in [4.69, 9.17) is 9.47 Å². The van der Waals surface area contributed by atoms with E-state index < -0.39 is 5.97 Å². The van der Waals surface area contributed by atoms with Gasteiger partial charge in [-0.3, -0.25) is 4.98 Å². The van der Waals surface area contributed by atoms with E-state index in [-0.39, 0.29) is 0 Å². The minimum absolute atomic E-state index is 0.317. The zero-order valence-electron chi connectivity index (χ0n) is 10.9. The first-order valence-electron chi connectivity index (χ1n) is 6.06. The van der Waals surface area contributed by atoms with E-state index in [1.54, 1.807) is 19.2 Å². The van der Waals surface area contributed by atoms with Crippen molar-refractivity contribution < 1.29 is 14.3 Å². The summed E-state index contributed by atoms with van der Waals surface area (Å²) in [6.07, 6.45) is 3.02. The number of hydrogen-bond donors (Lipinski definition) is 0. The van der Waals surface area contributed by atoms with Crippen LogP contribution in [0.15, 0.2) is 42.7 Å². The summed E-state index contributed by atoms with van der Waals surface area (Å²) >= 11 is 0. The van der Waals surface area contributed by atoms with Gasteiger partial charge in [0, 0.05) is 18.5 Å². The molecule has 1 aromatic carbocycles. The predicted molar refractivity (Wildman–Crippen MR) is 71.4 cm³/mol. The second-order valence-electron chi connectivity index (χ2n) is 4.01. The maximum absolute atomic E-state index is 11.8. The lowest BCUT2D eigenvalue weighted by molar-refractivity contribution is 0.0523. The number of carbonyl (C=O) groups is 1. The van der Waals surface area contributed by atoms with Gasteiger partial charge in [-0.1, -0.05) is 17.7 Å². The molecule has 0 radical (unpaired) electrons. The second-order valence-corrected chi connectivity index (χ2v) is 4.01. The highest BCUT2D eigenvalue weighted by molar-refractivity contribution is 5.92. The summed E-state index contributed by atoms with van der Waals surface area (Å²) in [7, 11) is 0. The van der Waals surface area contributed by atoms with E-state index >= 15 is 0 Å². The number of pyridine rings is 1. The summed E-state index contributed by atoms with van der Waals surface area (Å²) < 4.78 is 10.7. The number of rotatable bonds is 4. The largest absolute Gasteiger partial charge is 0.462 e. The standard InChI is InChI=1S/C15H15NO3/c1-3-18-15(17)13-10-16-9-8-14(13)19-12-6-4-11(2)5-7-12/h4-10H,3H2,1-2H3. The maximum atomic E-state index is 11.8. The van der Waals surface area contributed by atoms with Crippen molar-refractivity contribution in [3.63, 3.8) is 0 Å². The van der Waals surface area contributed by atoms with Crippen molar-refractivity contribution in [2.75, 3.05) is 6.61 Å². The Labute approximate surface area is 112 Å². The highest BCUT2D eigenvalue weighted by Gasteiger charge is 2.14. The molecule has 0 aliphatic heterocycles. The fourth-order valence-corrected chi connectivity index (χ4v) is 1.57. The van der Waals surface area contributed by atoms with Crippen molar-refractivity contribution in [1.29, 1.82) is 0 Å². The topological polar surface area (TPSA) is 48.4 Å². The summed E-state index contributed by atoms with van der Waals surface area (Å²) in [6.45, 7) is 4.08. The van der Waals surface area contributed by atoms with Crippen LogP contribution in [0.5, 0.6) is 11.5 Å². The zero-order valence-corrected chi connectivity index (χ0v) is 10.9. The molecule has 0 atom stereocenters. The van der Waals surface area contributed by atoms with Crippen molar-refractivity contribution in [3.05, 3.63) is 53.9 Å². The van der Waals surface area contributed by atoms with Gasteiger partial charge in [0.2, 0.25) is 0 Å². The fourth-order valence-electron chi connectivity index (χ4n) is 1.57. The Kier molecular flexibility index (Phi) is 4.13. The van der Waals surface area contributed by atoms with Gasteiger partial charge in [0.1, 0.15) is 17.1 Å². The molecule has 1 aromatic heterocycles. The van der Waals surface area contributed by atoms with Crippen LogP contribution in [-0.4, -0.2) is 17.6 Å². The molecule has 0 saturated heterocycles. The van der Waals surface area contributed by atoms with E-state index in [0.29, 0.717) is 23.7 Å². The van der Waals surface area contributed by atoms with Crippen LogP contribution in [0.25, 0.3) is 0 Å². The van der Waals surface area contributed by atoms with Gasteiger partial charge >= 0.3 is 5.97 Å². The molecule has 98 valence electrons. The Balaban J connectivity index is 2.24. The van der Waals surface area contributed by atoms with Crippen molar-refractivity contribution in [3.8, 4) is 11.5 Å². The summed E-state index contributed by atoms with van der Waals surface area (Å²) in [5.74, 6) is 0.678. The SMILES string of the molecule is CCOC(=O)c1cnccc1Oc1ccc(C)cc1. The molecule has 2 aromatic rings. The van der Waals surface area contributed by atoms with Crippen molar-refractivity contribution in [2.24, 2.45) is 0 Å². The molecule has 1 heterocycles. The molecule has 0 unspecified atom stereocenters. The number of nitrogens with zero attached hydrogens (tertiary/aromatic N) is 1. The van der Waals surface area contributed by atoms with Crippen LogP contribution >= 0.6 is 0 Å². The third kappa shape index (κ3) is 3.31. The number of carbonyl (C=O) groups excluding carboxylic acids is 1. The van der Waals surface area contributed by atoms with Crippen LogP contribution < -0.4 is 4.74 Å². The molecule has 4 nitrogen and oxygen atoms in total. The molecule has 0 aliphatic rings. The first-order chi connectivity index (χ1) is 9.20. The smallest absolute Gasteiger partial charge is 0.343 e. The monoisotopic (exact) mass is 257 g/mol. The Bertz CT molecular complexity index is 564. The van der Waals surface area contributed by atoms with Crippen LogP contribution in [-0.2, 0) is 4.74 Å². The number of hydrogen-bond acceptors (Lipinski definition) is 4. The normalized spacial score (nSPS) is 10.0. The lowest BCUT2D eigenvalue weighted by Gasteiger charge is -2.10. The summed E-state index contributed by atoms with van der Waals surface area (Å²) in [4.78, 5) is 15.7. The Morgan fingerprint density at radius 2 is 1.95 bits per heavy atom. The molecule has 0 amide bonds. The summed E-state index contributed by atoms with van der Waals surface area (Å²) in [5.41, 5.74) is 1.47. The zero-order chi connectivity index (χ0) is 13.7. The van der Waals surface area contributed by atoms with Gasteiger partial charge < -0.3 is 9.47 Å². The minimum atomic E-state index is -0.433. The maximum Gasteiger partial charge on any atom is 0.343 e. The molecule has 19 heavy (non-hydrogen) atoms. The Morgan fingerprint density at radius 1 is 1.21 bits per heavy atom. The van der Waals surface area contributed by atoms with Crippen LogP contribution in [0, 0.1) is 6.92 Å². The van der Waals surface area contributed by atoms with E-state index in [0.717, 1.165) is 5.56 Å². The Morgan fingerprint density at radius 3 is 2.63 bits per heavy atom. The first kappa shape index (κ1) is 13.1. The average Bonchev–Trinajstić information content (AvgIpc) is 2.42. The third-order valence-electron chi connectivity index (χ3n) is 2.53. The van der Waals surface area contributed by atoms with Crippen LogP contribution in [0.1, 0.15) is 22.8 Å². The molecule has 0 aliphatic carbocycles. The molecule has 0 N–H and O–H groups in total. The highest BCUT2D eigenvalue weighted by atomic mass is 16.5. The van der Waals surface area contributed by atoms with Gasteiger partial charge in [-0.25, -0.2) is 4.79 Å². The number of benzene rings is 1. The number of aryl methyl sites for hydroxylation is 1. The fraction of sp³-hybridized carbons (Fsp3) is 0.200.